The van der Waals surface area contributed by atoms with Crippen molar-refractivity contribution in [2.24, 2.45) is 0 Å². The number of hydrogen-bond donors (Lipinski definition) is 0. The molecule has 3 aromatic heterocycles. The quantitative estimate of drug-likeness (QED) is 0.168. The maximum Gasteiger partial charge on any atom is 0.165 e. The van der Waals surface area contributed by atoms with Crippen molar-refractivity contribution in [2.45, 2.75) is 0 Å². The Morgan fingerprint density at radius 2 is 0.839 bits per heavy atom. The Bertz CT molecular complexity index is 3510. The molecule has 0 amide bonds. The molecule has 0 spiro atoms. The Hall–Kier alpha value is -6.79. The maximum absolute atomic E-state index is 5.21. The molecule has 0 saturated carbocycles. The first kappa shape index (κ1) is 31.5. The van der Waals surface area contributed by atoms with Crippen molar-refractivity contribution in [1.82, 2.24) is 15.0 Å². The van der Waals surface area contributed by atoms with Gasteiger partial charge in [-0.1, -0.05) is 146 Å². The fourth-order valence-corrected chi connectivity index (χ4v) is 10.9. The number of fused-ring (bicyclic) bond motifs is 12. The van der Waals surface area contributed by atoms with Gasteiger partial charge in [-0.3, -0.25) is 0 Å². The summed E-state index contributed by atoms with van der Waals surface area (Å²) in [5.74, 6) is 2.01. The summed E-state index contributed by atoms with van der Waals surface area (Å²) in [5, 5.41) is 12.7. The van der Waals surface area contributed by atoms with E-state index in [4.69, 9.17) is 15.0 Å². The third kappa shape index (κ3) is 4.85. The average Bonchev–Trinajstić information content (AvgIpc) is 3.85. The fourth-order valence-electron chi connectivity index (χ4n) is 8.55. The summed E-state index contributed by atoms with van der Waals surface area (Å²) in [7, 11) is 0. The summed E-state index contributed by atoms with van der Waals surface area (Å²) in [5.41, 5.74) is 5.42. The van der Waals surface area contributed by atoms with Crippen LogP contribution < -0.4 is 0 Å². The van der Waals surface area contributed by atoms with Crippen LogP contribution in [0.1, 0.15) is 0 Å². The maximum atomic E-state index is 5.21. The molecule has 260 valence electrons. The van der Waals surface area contributed by atoms with E-state index < -0.39 is 0 Å². The zero-order valence-electron chi connectivity index (χ0n) is 29.9. The highest BCUT2D eigenvalue weighted by Crippen LogP contribution is 2.44. The molecular weight excluding hydrogens is 719 g/mol. The standard InChI is InChI=1S/C51H29N3S2/c1-2-12-30(13-3-1)49-52-50(54-51(53-49)42-21-10-20-40-39-18-8-9-22-44(39)56-48(40)42)32-25-27-41-46(29-32)55-45-23-11-19-33(47(41)45)31-24-26-38-36-16-5-4-14-34(36)35-15-6-7-17-37(35)43(38)28-31/h1-29H. The molecule has 12 rings (SSSR count). The molecule has 0 fully saturated rings. The van der Waals surface area contributed by atoms with E-state index in [-0.39, 0.29) is 0 Å². The first-order chi connectivity index (χ1) is 27.7. The third-order valence-corrected chi connectivity index (χ3v) is 13.5. The van der Waals surface area contributed by atoms with Crippen LogP contribution in [0.2, 0.25) is 0 Å². The molecule has 3 heterocycles. The summed E-state index contributed by atoms with van der Waals surface area (Å²) < 4.78 is 4.91. The molecule has 56 heavy (non-hydrogen) atoms. The van der Waals surface area contributed by atoms with E-state index >= 15 is 0 Å². The highest BCUT2D eigenvalue weighted by atomic mass is 32.1. The van der Waals surface area contributed by atoms with Crippen molar-refractivity contribution in [3.05, 3.63) is 176 Å². The Morgan fingerprint density at radius 3 is 1.62 bits per heavy atom. The second-order valence-corrected chi connectivity index (χ2v) is 16.4. The van der Waals surface area contributed by atoms with Crippen molar-refractivity contribution in [1.29, 1.82) is 0 Å². The van der Waals surface area contributed by atoms with Crippen LogP contribution in [0.3, 0.4) is 0 Å². The predicted molar refractivity (Wildman–Crippen MR) is 240 cm³/mol. The van der Waals surface area contributed by atoms with Gasteiger partial charge in [-0.05, 0) is 73.8 Å². The van der Waals surface area contributed by atoms with Gasteiger partial charge < -0.3 is 0 Å². The van der Waals surface area contributed by atoms with Crippen LogP contribution in [0.15, 0.2) is 176 Å². The number of thiophene rings is 2. The normalized spacial score (nSPS) is 11.9. The molecule has 3 nitrogen and oxygen atoms in total. The molecule has 12 aromatic rings. The van der Waals surface area contributed by atoms with Crippen molar-refractivity contribution in [3.63, 3.8) is 0 Å². The minimum Gasteiger partial charge on any atom is -0.208 e. The summed E-state index contributed by atoms with van der Waals surface area (Å²) in [6.45, 7) is 0. The van der Waals surface area contributed by atoms with E-state index in [9.17, 15) is 0 Å². The lowest BCUT2D eigenvalue weighted by Crippen LogP contribution is -2.00. The van der Waals surface area contributed by atoms with E-state index in [1.54, 1.807) is 11.3 Å². The molecule has 0 aliphatic heterocycles. The van der Waals surface area contributed by atoms with Crippen LogP contribution in [0, 0.1) is 0 Å². The molecule has 9 aromatic carbocycles. The van der Waals surface area contributed by atoms with Gasteiger partial charge in [0.2, 0.25) is 0 Å². The average molecular weight is 748 g/mol. The van der Waals surface area contributed by atoms with Gasteiger partial charge in [-0.25, -0.2) is 15.0 Å². The Labute approximate surface area is 329 Å². The first-order valence-corrected chi connectivity index (χ1v) is 20.4. The van der Waals surface area contributed by atoms with E-state index in [1.165, 1.54) is 83.8 Å². The van der Waals surface area contributed by atoms with Gasteiger partial charge in [0, 0.05) is 57.0 Å². The predicted octanol–water partition coefficient (Wildman–Crippen LogP) is 14.7. The molecule has 0 aliphatic rings. The smallest absolute Gasteiger partial charge is 0.165 e. The molecule has 0 bridgehead atoms. The third-order valence-electron chi connectivity index (χ3n) is 11.1. The van der Waals surface area contributed by atoms with Crippen molar-refractivity contribution in [3.8, 4) is 45.3 Å². The lowest BCUT2D eigenvalue weighted by atomic mass is 9.91. The number of hydrogen-bond acceptors (Lipinski definition) is 5. The molecule has 0 N–H and O–H groups in total. The number of aromatic nitrogens is 3. The Balaban J connectivity index is 1.03. The number of rotatable bonds is 4. The zero-order valence-corrected chi connectivity index (χ0v) is 31.5. The van der Waals surface area contributed by atoms with Crippen molar-refractivity contribution >= 4 is 95.3 Å². The van der Waals surface area contributed by atoms with Crippen LogP contribution >= 0.6 is 22.7 Å². The van der Waals surface area contributed by atoms with Crippen LogP contribution in [-0.4, -0.2) is 15.0 Å². The molecule has 0 saturated heterocycles. The molecule has 0 unspecified atom stereocenters. The summed E-state index contributed by atoms with van der Waals surface area (Å²) in [6.07, 6.45) is 0. The van der Waals surface area contributed by atoms with Gasteiger partial charge in [0.25, 0.3) is 0 Å². The lowest BCUT2D eigenvalue weighted by molar-refractivity contribution is 1.08. The van der Waals surface area contributed by atoms with Crippen LogP contribution in [0.4, 0.5) is 0 Å². The topological polar surface area (TPSA) is 38.7 Å². The fraction of sp³-hybridized carbons (Fsp3) is 0. The van der Waals surface area contributed by atoms with E-state index in [1.807, 2.05) is 29.5 Å². The second-order valence-electron chi connectivity index (χ2n) is 14.3. The van der Waals surface area contributed by atoms with Gasteiger partial charge in [-0.2, -0.15) is 0 Å². The molecule has 0 aliphatic carbocycles. The van der Waals surface area contributed by atoms with Gasteiger partial charge in [-0.15, -0.1) is 22.7 Å². The van der Waals surface area contributed by atoms with Gasteiger partial charge in [0.05, 0.1) is 0 Å². The lowest BCUT2D eigenvalue weighted by Gasteiger charge is -2.12. The van der Waals surface area contributed by atoms with Crippen molar-refractivity contribution in [2.75, 3.05) is 0 Å². The van der Waals surface area contributed by atoms with Crippen LogP contribution in [-0.2, 0) is 0 Å². The number of nitrogens with zero attached hydrogens (tertiary/aromatic N) is 3. The van der Waals surface area contributed by atoms with Gasteiger partial charge in [0.15, 0.2) is 17.5 Å². The van der Waals surface area contributed by atoms with Crippen molar-refractivity contribution < 1.29 is 0 Å². The molecule has 0 atom stereocenters. The van der Waals surface area contributed by atoms with Gasteiger partial charge in [0.1, 0.15) is 0 Å². The zero-order chi connectivity index (χ0) is 36.7. The molecule has 5 heteroatoms. The highest BCUT2D eigenvalue weighted by Gasteiger charge is 2.19. The Morgan fingerprint density at radius 1 is 0.286 bits per heavy atom. The van der Waals surface area contributed by atoms with Gasteiger partial charge >= 0.3 is 0 Å². The largest absolute Gasteiger partial charge is 0.208 e. The number of benzene rings is 9. The molecule has 0 radical (unpaired) electrons. The SMILES string of the molecule is c1ccc(-c2nc(-c3ccc4c(c3)sc3cccc(-c5ccc6c7ccccc7c7ccccc7c6c5)c34)nc(-c3cccc4c3sc3ccccc34)n2)cc1. The van der Waals surface area contributed by atoms with E-state index in [0.717, 1.165) is 16.7 Å². The molecular formula is C51H29N3S2. The van der Waals surface area contributed by atoms with Crippen LogP contribution in [0.25, 0.3) is 118 Å². The van der Waals surface area contributed by atoms with E-state index in [0.29, 0.717) is 17.5 Å². The monoisotopic (exact) mass is 747 g/mol. The Kier molecular flexibility index (Phi) is 6.97. The minimum atomic E-state index is 0.666. The summed E-state index contributed by atoms with van der Waals surface area (Å²) in [6, 6.07) is 63.2. The minimum absolute atomic E-state index is 0.666. The second kappa shape index (κ2) is 12.4. The summed E-state index contributed by atoms with van der Waals surface area (Å²) >= 11 is 3.62. The summed E-state index contributed by atoms with van der Waals surface area (Å²) in [4.78, 5) is 15.4. The first-order valence-electron chi connectivity index (χ1n) is 18.8. The van der Waals surface area contributed by atoms with Crippen LogP contribution in [0.5, 0.6) is 0 Å². The highest BCUT2D eigenvalue weighted by molar-refractivity contribution is 7.26. The van der Waals surface area contributed by atoms with E-state index in [2.05, 4.69) is 158 Å².